The van der Waals surface area contributed by atoms with Crippen molar-refractivity contribution in [2.75, 3.05) is 20.7 Å². The Bertz CT molecular complexity index is 410. The van der Waals surface area contributed by atoms with Crippen LogP contribution in [0.2, 0.25) is 0 Å². The highest BCUT2D eigenvalue weighted by Gasteiger charge is 2.02. The number of ether oxygens (including phenoxy) is 1. The second kappa shape index (κ2) is 12.9. The van der Waals surface area contributed by atoms with Crippen molar-refractivity contribution in [3.63, 3.8) is 0 Å². The van der Waals surface area contributed by atoms with E-state index in [1.165, 1.54) is 30.4 Å². The van der Waals surface area contributed by atoms with Crippen LogP contribution >= 0.6 is 24.0 Å². The molecular weight excluding hydrogens is 377 g/mol. The van der Waals surface area contributed by atoms with Gasteiger partial charge in [0.05, 0.1) is 6.61 Å². The van der Waals surface area contributed by atoms with Crippen molar-refractivity contribution in [3.05, 3.63) is 35.4 Å². The lowest BCUT2D eigenvalue weighted by Gasteiger charge is -2.14. The smallest absolute Gasteiger partial charge is 0.191 e. The first kappa shape index (κ1) is 20.2. The number of benzene rings is 1. The van der Waals surface area contributed by atoms with E-state index in [1.54, 1.807) is 14.2 Å². The number of halogens is 1. The van der Waals surface area contributed by atoms with E-state index in [1.807, 2.05) is 12.1 Å². The second-order valence-corrected chi connectivity index (χ2v) is 4.76. The second-order valence-electron chi connectivity index (χ2n) is 4.76. The van der Waals surface area contributed by atoms with Crippen molar-refractivity contribution in [1.82, 2.24) is 10.6 Å². The third-order valence-corrected chi connectivity index (χ3v) is 3.16. The molecule has 0 bridgehead atoms. The number of aliphatic imine (C=N–C) groups is 1. The summed E-state index contributed by atoms with van der Waals surface area (Å²) in [5.74, 6) is 0.855. The van der Waals surface area contributed by atoms with Gasteiger partial charge in [0.2, 0.25) is 0 Å². The molecule has 2 N–H and O–H groups in total. The van der Waals surface area contributed by atoms with Gasteiger partial charge in [0, 0.05) is 27.2 Å². The third kappa shape index (κ3) is 8.26. The van der Waals surface area contributed by atoms with Crippen LogP contribution in [0.25, 0.3) is 0 Å². The van der Waals surface area contributed by atoms with Gasteiger partial charge in [0.15, 0.2) is 5.96 Å². The molecule has 0 aliphatic heterocycles. The van der Waals surface area contributed by atoms with Crippen LogP contribution in [0, 0.1) is 0 Å². The highest BCUT2D eigenvalue weighted by molar-refractivity contribution is 14.0. The van der Waals surface area contributed by atoms with Gasteiger partial charge in [-0.05, 0) is 17.5 Å². The zero-order valence-electron chi connectivity index (χ0n) is 13.3. The first-order valence-electron chi connectivity index (χ1n) is 7.32. The normalized spacial score (nSPS) is 10.9. The van der Waals surface area contributed by atoms with E-state index in [0.29, 0.717) is 6.61 Å². The molecule has 0 atom stereocenters. The first-order valence-corrected chi connectivity index (χ1v) is 7.32. The molecule has 0 amide bonds. The monoisotopic (exact) mass is 405 g/mol. The van der Waals surface area contributed by atoms with Crippen molar-refractivity contribution in [2.24, 2.45) is 4.99 Å². The van der Waals surface area contributed by atoms with Crippen LogP contribution in [0.4, 0.5) is 0 Å². The molecule has 0 aromatic heterocycles. The van der Waals surface area contributed by atoms with Gasteiger partial charge < -0.3 is 15.4 Å². The van der Waals surface area contributed by atoms with Gasteiger partial charge >= 0.3 is 0 Å². The lowest BCUT2D eigenvalue weighted by Crippen LogP contribution is -2.37. The molecule has 1 aromatic carbocycles. The van der Waals surface area contributed by atoms with Gasteiger partial charge in [-0.15, -0.1) is 24.0 Å². The average Bonchev–Trinajstić information content (AvgIpc) is 2.48. The number of nitrogens with zero attached hydrogens (tertiary/aromatic N) is 1. The predicted octanol–water partition coefficient (Wildman–Crippen LogP) is 3.31. The summed E-state index contributed by atoms with van der Waals surface area (Å²) in [4.78, 5) is 4.24. The summed E-state index contributed by atoms with van der Waals surface area (Å²) in [7, 11) is 3.52. The van der Waals surface area contributed by atoms with E-state index >= 15 is 0 Å². The molecule has 120 valence electrons. The molecule has 0 saturated heterocycles. The van der Waals surface area contributed by atoms with E-state index in [-0.39, 0.29) is 24.0 Å². The SMILES string of the molecule is CCCCCNC(=NC)NCc1ccccc1COC.I. The number of methoxy groups -OCH3 is 1. The Balaban J connectivity index is 0.00000400. The molecule has 0 radical (unpaired) electrons. The summed E-state index contributed by atoms with van der Waals surface area (Å²) in [5.41, 5.74) is 2.45. The highest BCUT2D eigenvalue weighted by atomic mass is 127. The van der Waals surface area contributed by atoms with Crippen LogP contribution in [0.15, 0.2) is 29.3 Å². The van der Waals surface area contributed by atoms with Crippen LogP contribution in [0.3, 0.4) is 0 Å². The number of nitrogens with one attached hydrogen (secondary N) is 2. The fraction of sp³-hybridized carbons (Fsp3) is 0.562. The van der Waals surface area contributed by atoms with Crippen molar-refractivity contribution < 1.29 is 4.74 Å². The minimum Gasteiger partial charge on any atom is -0.380 e. The minimum absolute atomic E-state index is 0. The van der Waals surface area contributed by atoms with E-state index in [0.717, 1.165) is 19.0 Å². The topological polar surface area (TPSA) is 45.7 Å². The predicted molar refractivity (Wildman–Crippen MR) is 100 cm³/mol. The molecule has 1 rings (SSSR count). The van der Waals surface area contributed by atoms with E-state index in [4.69, 9.17) is 4.74 Å². The molecule has 5 heteroatoms. The third-order valence-electron chi connectivity index (χ3n) is 3.16. The number of hydrogen-bond donors (Lipinski definition) is 2. The van der Waals surface area contributed by atoms with E-state index in [2.05, 4.69) is 34.7 Å². The van der Waals surface area contributed by atoms with Gasteiger partial charge in [-0.3, -0.25) is 4.99 Å². The van der Waals surface area contributed by atoms with Crippen LogP contribution < -0.4 is 10.6 Å². The van der Waals surface area contributed by atoms with E-state index in [9.17, 15) is 0 Å². The number of hydrogen-bond acceptors (Lipinski definition) is 2. The van der Waals surface area contributed by atoms with Crippen LogP contribution in [-0.4, -0.2) is 26.7 Å². The van der Waals surface area contributed by atoms with Crippen LogP contribution in [-0.2, 0) is 17.9 Å². The lowest BCUT2D eigenvalue weighted by molar-refractivity contribution is 0.184. The maximum Gasteiger partial charge on any atom is 0.191 e. The Hall–Kier alpha value is -0.820. The Kier molecular flexibility index (Phi) is 12.4. The summed E-state index contributed by atoms with van der Waals surface area (Å²) >= 11 is 0. The summed E-state index contributed by atoms with van der Waals surface area (Å²) in [5, 5.41) is 6.68. The summed E-state index contributed by atoms with van der Waals surface area (Å²) in [6, 6.07) is 8.30. The zero-order chi connectivity index (χ0) is 14.6. The van der Waals surface area contributed by atoms with Crippen molar-refractivity contribution in [1.29, 1.82) is 0 Å². The number of unbranched alkanes of at least 4 members (excludes halogenated alkanes) is 2. The summed E-state index contributed by atoms with van der Waals surface area (Å²) in [6.45, 7) is 4.57. The molecule has 0 unspecified atom stereocenters. The quantitative estimate of drug-likeness (QED) is 0.302. The van der Waals surface area contributed by atoms with Crippen LogP contribution in [0.1, 0.15) is 37.3 Å². The average molecular weight is 405 g/mol. The van der Waals surface area contributed by atoms with E-state index < -0.39 is 0 Å². The molecule has 4 nitrogen and oxygen atoms in total. The van der Waals surface area contributed by atoms with Crippen molar-refractivity contribution in [2.45, 2.75) is 39.3 Å². The minimum atomic E-state index is 0. The number of guanidine groups is 1. The molecule has 0 spiro atoms. The lowest BCUT2D eigenvalue weighted by atomic mass is 10.1. The fourth-order valence-corrected chi connectivity index (χ4v) is 2.01. The zero-order valence-corrected chi connectivity index (χ0v) is 15.6. The molecular formula is C16H28IN3O. The van der Waals surface area contributed by atoms with Gasteiger partial charge in [-0.25, -0.2) is 0 Å². The molecule has 0 saturated carbocycles. The van der Waals surface area contributed by atoms with Crippen LogP contribution in [0.5, 0.6) is 0 Å². The number of rotatable bonds is 8. The Morgan fingerprint density at radius 3 is 2.48 bits per heavy atom. The molecule has 1 aromatic rings. The Morgan fingerprint density at radius 2 is 1.86 bits per heavy atom. The van der Waals surface area contributed by atoms with Crippen molar-refractivity contribution >= 4 is 29.9 Å². The molecule has 0 fully saturated rings. The maximum absolute atomic E-state index is 5.22. The fourth-order valence-electron chi connectivity index (χ4n) is 2.01. The Morgan fingerprint density at radius 1 is 1.14 bits per heavy atom. The molecule has 0 aliphatic rings. The Labute approximate surface area is 145 Å². The highest BCUT2D eigenvalue weighted by Crippen LogP contribution is 2.09. The van der Waals surface area contributed by atoms with Gasteiger partial charge in [-0.2, -0.15) is 0 Å². The standard InChI is InChI=1S/C16H27N3O.HI/c1-4-5-8-11-18-16(17-2)19-12-14-9-6-7-10-15(14)13-20-3;/h6-7,9-10H,4-5,8,11-13H2,1-3H3,(H2,17,18,19);1H. The molecule has 0 aliphatic carbocycles. The van der Waals surface area contributed by atoms with Gasteiger partial charge in [0.1, 0.15) is 0 Å². The van der Waals surface area contributed by atoms with Gasteiger partial charge in [0.25, 0.3) is 0 Å². The largest absolute Gasteiger partial charge is 0.380 e. The van der Waals surface area contributed by atoms with Gasteiger partial charge in [-0.1, -0.05) is 44.0 Å². The summed E-state index contributed by atoms with van der Waals surface area (Å²) in [6.07, 6.45) is 3.66. The molecule has 21 heavy (non-hydrogen) atoms. The first-order chi connectivity index (χ1) is 9.81. The maximum atomic E-state index is 5.22. The molecule has 0 heterocycles. The summed E-state index contributed by atoms with van der Waals surface area (Å²) < 4.78 is 5.22. The van der Waals surface area contributed by atoms with Crippen molar-refractivity contribution in [3.8, 4) is 0 Å².